The smallest absolute Gasteiger partial charge is 0.255 e. The van der Waals surface area contributed by atoms with E-state index in [1.54, 1.807) is 11.8 Å². The van der Waals surface area contributed by atoms with E-state index in [0.29, 0.717) is 17.2 Å². The fraction of sp³-hybridized carbons (Fsp3) is 0.310. The summed E-state index contributed by atoms with van der Waals surface area (Å²) in [5, 5.41) is 2.90. The van der Waals surface area contributed by atoms with Crippen LogP contribution in [0.15, 0.2) is 72.8 Å². The lowest BCUT2D eigenvalue weighted by molar-refractivity contribution is -0.115. The zero-order chi connectivity index (χ0) is 24.5. The summed E-state index contributed by atoms with van der Waals surface area (Å²) in [5.74, 6) is 0.890. The minimum Gasteiger partial charge on any atom is -0.322 e. The van der Waals surface area contributed by atoms with Gasteiger partial charge in [-0.3, -0.25) is 14.5 Å². The van der Waals surface area contributed by atoms with Crippen molar-refractivity contribution in [2.45, 2.75) is 51.3 Å². The molecular weight excluding hydrogens is 440 g/mol. The molecule has 34 heavy (non-hydrogen) atoms. The SMILES string of the molecule is CC(C)c1ccc(N2C(=O)CS[C@H]2c2ccc(NC(=O)c3ccc(C(C)(C)C)cc3)cc2)cc1. The van der Waals surface area contributed by atoms with E-state index in [9.17, 15) is 9.59 Å². The highest BCUT2D eigenvalue weighted by molar-refractivity contribution is 8.00. The van der Waals surface area contributed by atoms with Crippen LogP contribution in [0.4, 0.5) is 11.4 Å². The number of nitrogens with zero attached hydrogens (tertiary/aromatic N) is 1. The van der Waals surface area contributed by atoms with Crippen molar-refractivity contribution in [1.82, 2.24) is 0 Å². The quantitative estimate of drug-likeness (QED) is 0.429. The van der Waals surface area contributed by atoms with Crippen LogP contribution in [0.1, 0.15) is 73.0 Å². The van der Waals surface area contributed by atoms with Crippen LogP contribution in [-0.2, 0) is 10.2 Å². The third-order valence-corrected chi connectivity index (χ3v) is 7.38. The molecule has 0 bridgehead atoms. The van der Waals surface area contributed by atoms with Crippen LogP contribution >= 0.6 is 11.8 Å². The minimum atomic E-state index is -0.134. The first-order chi connectivity index (χ1) is 16.1. The van der Waals surface area contributed by atoms with E-state index in [2.05, 4.69) is 52.1 Å². The van der Waals surface area contributed by atoms with Crippen molar-refractivity contribution in [3.63, 3.8) is 0 Å². The Kier molecular flexibility index (Phi) is 6.85. The molecule has 1 aliphatic rings. The second kappa shape index (κ2) is 9.67. The molecule has 5 heteroatoms. The highest BCUT2D eigenvalue weighted by Crippen LogP contribution is 2.42. The second-order valence-corrected chi connectivity index (χ2v) is 11.1. The summed E-state index contributed by atoms with van der Waals surface area (Å²) in [4.78, 5) is 27.3. The summed E-state index contributed by atoms with van der Waals surface area (Å²) in [6.45, 7) is 10.8. The van der Waals surface area contributed by atoms with Gasteiger partial charge < -0.3 is 5.32 Å². The summed E-state index contributed by atoms with van der Waals surface area (Å²) in [6.07, 6.45) is 0. The van der Waals surface area contributed by atoms with Crippen LogP contribution in [0.25, 0.3) is 0 Å². The zero-order valence-corrected chi connectivity index (χ0v) is 21.3. The lowest BCUT2D eigenvalue weighted by atomic mass is 9.87. The highest BCUT2D eigenvalue weighted by atomic mass is 32.2. The highest BCUT2D eigenvalue weighted by Gasteiger charge is 2.34. The van der Waals surface area contributed by atoms with Gasteiger partial charge in [-0.1, -0.05) is 71.0 Å². The van der Waals surface area contributed by atoms with Gasteiger partial charge in [0.05, 0.1) is 5.75 Å². The molecule has 1 aliphatic heterocycles. The normalized spacial score (nSPS) is 16.2. The molecule has 1 heterocycles. The standard InChI is InChI=1S/C29H32N2O2S/c1-19(2)20-10-16-25(17-11-20)31-26(32)18-34-28(31)22-8-14-24(15-9-22)30-27(33)21-6-12-23(13-7-21)29(3,4)5/h6-17,19,28H,18H2,1-5H3,(H,30,33)/t28-/m0/s1. The van der Waals surface area contributed by atoms with Crippen molar-refractivity contribution < 1.29 is 9.59 Å². The van der Waals surface area contributed by atoms with Gasteiger partial charge in [0.15, 0.2) is 0 Å². The monoisotopic (exact) mass is 472 g/mol. The first-order valence-corrected chi connectivity index (χ1v) is 12.7. The van der Waals surface area contributed by atoms with Crippen molar-refractivity contribution in [2.24, 2.45) is 0 Å². The van der Waals surface area contributed by atoms with E-state index in [1.165, 1.54) is 11.1 Å². The third-order valence-electron chi connectivity index (χ3n) is 6.17. The van der Waals surface area contributed by atoms with E-state index in [0.717, 1.165) is 16.9 Å². The molecule has 1 N–H and O–H groups in total. The van der Waals surface area contributed by atoms with E-state index in [-0.39, 0.29) is 22.6 Å². The van der Waals surface area contributed by atoms with Gasteiger partial charge in [0.25, 0.3) is 5.91 Å². The second-order valence-electron chi connectivity index (χ2n) is 10.1. The van der Waals surface area contributed by atoms with Gasteiger partial charge in [-0.25, -0.2) is 0 Å². The maximum absolute atomic E-state index is 12.7. The zero-order valence-electron chi connectivity index (χ0n) is 20.5. The average molecular weight is 473 g/mol. The van der Waals surface area contributed by atoms with Crippen molar-refractivity contribution in [3.05, 3.63) is 95.1 Å². The van der Waals surface area contributed by atoms with Crippen LogP contribution in [0.5, 0.6) is 0 Å². The van der Waals surface area contributed by atoms with Crippen LogP contribution in [0, 0.1) is 0 Å². The number of rotatable bonds is 5. The maximum atomic E-state index is 12.7. The molecule has 3 aromatic carbocycles. The molecule has 2 amide bonds. The summed E-state index contributed by atoms with van der Waals surface area (Å²) in [6, 6.07) is 23.8. The van der Waals surface area contributed by atoms with Crippen LogP contribution in [-0.4, -0.2) is 17.6 Å². The average Bonchev–Trinajstić information content (AvgIpc) is 3.20. The number of hydrogen-bond donors (Lipinski definition) is 1. The Morgan fingerprint density at radius 2 is 1.56 bits per heavy atom. The van der Waals surface area contributed by atoms with Gasteiger partial charge in [0, 0.05) is 16.9 Å². The fourth-order valence-electron chi connectivity index (χ4n) is 4.03. The number of hydrogen-bond acceptors (Lipinski definition) is 3. The number of carbonyl (C=O) groups excluding carboxylic acids is 2. The van der Waals surface area contributed by atoms with E-state index in [1.807, 2.05) is 65.6 Å². The Morgan fingerprint density at radius 3 is 2.12 bits per heavy atom. The van der Waals surface area contributed by atoms with E-state index < -0.39 is 0 Å². The maximum Gasteiger partial charge on any atom is 0.255 e. The Hall–Kier alpha value is -3.05. The van der Waals surface area contributed by atoms with Gasteiger partial charge in [0.1, 0.15) is 5.37 Å². The predicted molar refractivity (Wildman–Crippen MR) is 143 cm³/mol. The molecule has 0 unspecified atom stereocenters. The molecule has 3 aromatic rings. The van der Waals surface area contributed by atoms with E-state index in [4.69, 9.17) is 0 Å². The molecule has 1 atom stereocenters. The first-order valence-electron chi connectivity index (χ1n) is 11.7. The Bertz CT molecular complexity index is 1160. The third kappa shape index (κ3) is 5.20. The van der Waals surface area contributed by atoms with Gasteiger partial charge in [-0.15, -0.1) is 11.8 Å². The van der Waals surface area contributed by atoms with Gasteiger partial charge in [0.2, 0.25) is 5.91 Å². The summed E-state index contributed by atoms with van der Waals surface area (Å²) in [7, 11) is 0. The lowest BCUT2D eigenvalue weighted by Gasteiger charge is -2.25. The van der Waals surface area contributed by atoms with Crippen molar-refractivity contribution >= 4 is 35.0 Å². The fourth-order valence-corrected chi connectivity index (χ4v) is 5.20. The van der Waals surface area contributed by atoms with Gasteiger partial charge in [-0.2, -0.15) is 0 Å². The van der Waals surface area contributed by atoms with E-state index >= 15 is 0 Å². The summed E-state index contributed by atoms with van der Waals surface area (Å²) >= 11 is 1.63. The molecule has 0 aliphatic carbocycles. The Labute approximate surface area is 206 Å². The Balaban J connectivity index is 1.47. The van der Waals surface area contributed by atoms with Crippen molar-refractivity contribution in [2.75, 3.05) is 16.0 Å². The van der Waals surface area contributed by atoms with Crippen molar-refractivity contribution in [3.8, 4) is 0 Å². The molecule has 0 radical (unpaired) electrons. The van der Waals surface area contributed by atoms with Crippen molar-refractivity contribution in [1.29, 1.82) is 0 Å². The molecule has 4 rings (SSSR count). The van der Waals surface area contributed by atoms with Crippen LogP contribution < -0.4 is 10.2 Å². The molecule has 4 nitrogen and oxygen atoms in total. The molecule has 176 valence electrons. The molecule has 0 spiro atoms. The van der Waals surface area contributed by atoms with Crippen LogP contribution in [0.3, 0.4) is 0 Å². The number of thioether (sulfide) groups is 1. The number of benzene rings is 3. The molecule has 0 aromatic heterocycles. The number of nitrogens with one attached hydrogen (secondary N) is 1. The molecule has 0 saturated carbocycles. The lowest BCUT2D eigenvalue weighted by Crippen LogP contribution is -2.27. The Morgan fingerprint density at radius 1 is 0.941 bits per heavy atom. The number of anilines is 2. The van der Waals surface area contributed by atoms with Gasteiger partial charge >= 0.3 is 0 Å². The molecular formula is C29H32N2O2S. The summed E-state index contributed by atoms with van der Waals surface area (Å²) < 4.78 is 0. The molecule has 1 fully saturated rings. The largest absolute Gasteiger partial charge is 0.322 e. The predicted octanol–water partition coefficient (Wildman–Crippen LogP) is 7.14. The first kappa shape index (κ1) is 24.1. The topological polar surface area (TPSA) is 49.4 Å². The van der Waals surface area contributed by atoms with Crippen LogP contribution in [0.2, 0.25) is 0 Å². The summed E-state index contributed by atoms with van der Waals surface area (Å²) in [5.41, 5.74) is 5.82. The number of carbonyl (C=O) groups is 2. The minimum absolute atomic E-state index is 0.0504. The number of amides is 2. The van der Waals surface area contributed by atoms with Gasteiger partial charge in [-0.05, 0) is 64.4 Å². The molecule has 1 saturated heterocycles.